The zero-order valence-electron chi connectivity index (χ0n) is 17.0. The Labute approximate surface area is 161 Å². The van der Waals surface area contributed by atoms with Gasteiger partial charge in [0.25, 0.3) is 0 Å². The number of nitrogens with one attached hydrogen (secondary N) is 1. The number of nitrogens with two attached hydrogens (primary N) is 1. The number of ether oxygens (including phenoxy) is 1. The van der Waals surface area contributed by atoms with Crippen LogP contribution >= 0.6 is 0 Å². The number of unbranched alkanes of at least 4 members (excludes halogenated alkanes) is 8. The zero-order valence-corrected chi connectivity index (χ0v) is 17.0. The first-order chi connectivity index (χ1) is 12.8. The Kier molecular flexibility index (Phi) is 14.5. The third kappa shape index (κ3) is 13.3. The highest BCUT2D eigenvalue weighted by Gasteiger charge is 2.36. The molecule has 0 aromatic carbocycles. The molecule has 0 radical (unpaired) electrons. The van der Waals surface area contributed by atoms with Crippen LogP contribution < -0.4 is 11.1 Å². The fourth-order valence-electron chi connectivity index (χ4n) is 3.25. The van der Waals surface area contributed by atoms with E-state index >= 15 is 0 Å². The van der Waals surface area contributed by atoms with Gasteiger partial charge < -0.3 is 15.8 Å². The first kappa shape index (κ1) is 23.2. The molecule has 0 spiro atoms. The van der Waals surface area contributed by atoms with Crippen LogP contribution in [0.15, 0.2) is 12.2 Å². The molecule has 0 aliphatic carbocycles. The molecule has 26 heavy (non-hydrogen) atoms. The van der Waals surface area contributed by atoms with E-state index in [1.807, 2.05) is 0 Å². The Hall–Kier alpha value is -0.870. The van der Waals surface area contributed by atoms with E-state index in [1.165, 1.54) is 51.4 Å². The maximum absolute atomic E-state index is 11.6. The third-order valence-electron chi connectivity index (χ3n) is 5.04. The lowest BCUT2D eigenvalue weighted by Gasteiger charge is -2.04. The summed E-state index contributed by atoms with van der Waals surface area (Å²) in [5.74, 6) is 0.195. The molecule has 1 heterocycles. The molecule has 0 saturated carbocycles. The molecule has 3 N–H and O–H groups in total. The summed E-state index contributed by atoms with van der Waals surface area (Å²) in [6.45, 7) is 3.73. The van der Waals surface area contributed by atoms with E-state index in [9.17, 15) is 4.79 Å². The predicted molar refractivity (Wildman–Crippen MR) is 110 cm³/mol. The summed E-state index contributed by atoms with van der Waals surface area (Å²) >= 11 is 0. The molecule has 2 atom stereocenters. The fraction of sp³-hybridized carbons (Fsp3) is 0.864. The van der Waals surface area contributed by atoms with Gasteiger partial charge in [-0.1, -0.05) is 57.6 Å². The first-order valence-corrected chi connectivity index (χ1v) is 11.0. The number of hydrogen-bond donors (Lipinski definition) is 2. The van der Waals surface area contributed by atoms with E-state index in [0.29, 0.717) is 25.2 Å². The normalized spacial score (nSPS) is 19.2. The summed E-state index contributed by atoms with van der Waals surface area (Å²) in [7, 11) is 0. The SMILES string of the molecule is CCCCCC1OC1CC=CCCCCCCCC(=O)NCCCCN. The van der Waals surface area contributed by atoms with Gasteiger partial charge in [0.05, 0.1) is 12.2 Å². The van der Waals surface area contributed by atoms with Crippen molar-refractivity contribution in [2.45, 2.75) is 109 Å². The molecule has 1 aliphatic heterocycles. The van der Waals surface area contributed by atoms with Crippen LogP contribution in [0.4, 0.5) is 0 Å². The maximum atomic E-state index is 11.6. The van der Waals surface area contributed by atoms with E-state index < -0.39 is 0 Å². The van der Waals surface area contributed by atoms with Crippen LogP contribution in [0.5, 0.6) is 0 Å². The molecular formula is C22H42N2O2. The Morgan fingerprint density at radius 2 is 1.77 bits per heavy atom. The van der Waals surface area contributed by atoms with Crippen molar-refractivity contribution in [2.75, 3.05) is 13.1 Å². The number of carbonyl (C=O) groups excluding carboxylic acids is 1. The van der Waals surface area contributed by atoms with Gasteiger partial charge in [-0.2, -0.15) is 0 Å². The van der Waals surface area contributed by atoms with Gasteiger partial charge in [-0.25, -0.2) is 0 Å². The van der Waals surface area contributed by atoms with E-state index in [1.54, 1.807) is 0 Å². The maximum Gasteiger partial charge on any atom is 0.219 e. The van der Waals surface area contributed by atoms with Crippen LogP contribution in [0.3, 0.4) is 0 Å². The van der Waals surface area contributed by atoms with Gasteiger partial charge in [-0.05, 0) is 51.5 Å². The smallest absolute Gasteiger partial charge is 0.219 e. The van der Waals surface area contributed by atoms with Crippen LogP contribution in [-0.2, 0) is 9.53 Å². The van der Waals surface area contributed by atoms with E-state index in [2.05, 4.69) is 24.4 Å². The Bertz CT molecular complexity index is 371. The van der Waals surface area contributed by atoms with Crippen LogP contribution in [0.1, 0.15) is 96.8 Å². The summed E-state index contributed by atoms with van der Waals surface area (Å²) in [6.07, 6.45) is 21.7. The van der Waals surface area contributed by atoms with E-state index in [0.717, 1.165) is 38.6 Å². The summed E-state index contributed by atoms with van der Waals surface area (Å²) in [6, 6.07) is 0. The Morgan fingerprint density at radius 3 is 2.58 bits per heavy atom. The van der Waals surface area contributed by atoms with Gasteiger partial charge in [0.1, 0.15) is 0 Å². The van der Waals surface area contributed by atoms with Crippen LogP contribution in [0.25, 0.3) is 0 Å². The van der Waals surface area contributed by atoms with Crippen LogP contribution in [-0.4, -0.2) is 31.2 Å². The van der Waals surface area contributed by atoms with Crippen molar-refractivity contribution < 1.29 is 9.53 Å². The van der Waals surface area contributed by atoms with Gasteiger partial charge in [0, 0.05) is 13.0 Å². The van der Waals surface area contributed by atoms with Crippen molar-refractivity contribution in [1.82, 2.24) is 5.32 Å². The van der Waals surface area contributed by atoms with Crippen molar-refractivity contribution in [2.24, 2.45) is 5.73 Å². The lowest BCUT2D eigenvalue weighted by molar-refractivity contribution is -0.121. The molecule has 1 fully saturated rings. The molecule has 1 aliphatic rings. The molecule has 4 heteroatoms. The van der Waals surface area contributed by atoms with Crippen molar-refractivity contribution >= 4 is 5.91 Å². The lowest BCUT2D eigenvalue weighted by atomic mass is 10.1. The minimum atomic E-state index is 0.195. The average Bonchev–Trinajstić information content (AvgIpc) is 3.39. The standard InChI is InChI=1S/C22H42N2O2/c1-2-3-10-15-20-21(26-20)16-11-8-6-4-5-7-9-12-17-22(25)24-19-14-13-18-23/h8,11,20-21H,2-7,9-10,12-19,23H2,1H3,(H,24,25). The number of allylic oxidation sites excluding steroid dienone is 1. The molecule has 4 nitrogen and oxygen atoms in total. The van der Waals surface area contributed by atoms with Gasteiger partial charge in [-0.3, -0.25) is 4.79 Å². The minimum absolute atomic E-state index is 0.195. The third-order valence-corrected chi connectivity index (χ3v) is 5.04. The van der Waals surface area contributed by atoms with E-state index in [4.69, 9.17) is 10.5 Å². The van der Waals surface area contributed by atoms with Crippen LogP contribution in [0.2, 0.25) is 0 Å². The highest BCUT2D eigenvalue weighted by atomic mass is 16.6. The molecule has 2 unspecified atom stereocenters. The fourth-order valence-corrected chi connectivity index (χ4v) is 3.25. The minimum Gasteiger partial charge on any atom is -0.369 e. The number of epoxide rings is 1. The number of rotatable bonds is 18. The summed E-state index contributed by atoms with van der Waals surface area (Å²) in [5, 5.41) is 2.96. The van der Waals surface area contributed by atoms with Gasteiger partial charge >= 0.3 is 0 Å². The van der Waals surface area contributed by atoms with E-state index in [-0.39, 0.29) is 5.91 Å². The highest BCUT2D eigenvalue weighted by molar-refractivity contribution is 5.75. The Balaban J connectivity index is 1.79. The number of carbonyl (C=O) groups is 1. The lowest BCUT2D eigenvalue weighted by Crippen LogP contribution is -2.24. The number of amides is 1. The summed E-state index contributed by atoms with van der Waals surface area (Å²) in [5.41, 5.74) is 5.43. The molecule has 0 aromatic heterocycles. The largest absolute Gasteiger partial charge is 0.369 e. The topological polar surface area (TPSA) is 67.7 Å². The van der Waals surface area contributed by atoms with Gasteiger partial charge in [0.15, 0.2) is 0 Å². The molecule has 0 aromatic rings. The molecule has 152 valence electrons. The average molecular weight is 367 g/mol. The monoisotopic (exact) mass is 366 g/mol. The summed E-state index contributed by atoms with van der Waals surface area (Å²) in [4.78, 5) is 11.6. The Morgan fingerprint density at radius 1 is 0.962 bits per heavy atom. The van der Waals surface area contributed by atoms with Gasteiger partial charge in [-0.15, -0.1) is 0 Å². The van der Waals surface area contributed by atoms with Crippen molar-refractivity contribution in [1.29, 1.82) is 0 Å². The highest BCUT2D eigenvalue weighted by Crippen LogP contribution is 2.30. The first-order valence-electron chi connectivity index (χ1n) is 11.0. The second kappa shape index (κ2) is 16.3. The van der Waals surface area contributed by atoms with Crippen LogP contribution in [0, 0.1) is 0 Å². The molecule has 1 rings (SSSR count). The van der Waals surface area contributed by atoms with Crippen molar-refractivity contribution in [3.63, 3.8) is 0 Å². The van der Waals surface area contributed by atoms with Crippen molar-refractivity contribution in [3.05, 3.63) is 12.2 Å². The number of hydrogen-bond acceptors (Lipinski definition) is 3. The predicted octanol–water partition coefficient (Wildman–Crippen LogP) is 4.87. The van der Waals surface area contributed by atoms with Gasteiger partial charge in [0.2, 0.25) is 5.91 Å². The molecular weight excluding hydrogens is 324 g/mol. The van der Waals surface area contributed by atoms with Crippen molar-refractivity contribution in [3.8, 4) is 0 Å². The molecule has 1 saturated heterocycles. The second-order valence-electron chi connectivity index (χ2n) is 7.57. The molecule has 1 amide bonds. The summed E-state index contributed by atoms with van der Waals surface area (Å²) < 4.78 is 5.70. The second-order valence-corrected chi connectivity index (χ2v) is 7.57. The zero-order chi connectivity index (χ0) is 18.9. The molecule has 0 bridgehead atoms. The quantitative estimate of drug-likeness (QED) is 0.207.